The zero-order valence-corrected chi connectivity index (χ0v) is 21.9. The number of hydrogen-bond acceptors (Lipinski definition) is 8. The van der Waals surface area contributed by atoms with E-state index in [0.29, 0.717) is 33.4 Å². The van der Waals surface area contributed by atoms with Crippen molar-refractivity contribution in [3.8, 4) is 6.07 Å². The van der Waals surface area contributed by atoms with Crippen molar-refractivity contribution in [1.29, 1.82) is 10.7 Å². The first-order chi connectivity index (χ1) is 17.4. The molecule has 37 heavy (non-hydrogen) atoms. The minimum Gasteiger partial charge on any atom is -0.455 e. The fraction of sp³-hybridized carbons (Fsp3) is 0.269. The van der Waals surface area contributed by atoms with Crippen LogP contribution < -0.4 is 21.8 Å². The molecule has 2 aromatic heterocycles. The average molecular weight is 523 g/mol. The van der Waals surface area contributed by atoms with Gasteiger partial charge in [0.25, 0.3) is 0 Å². The predicted octanol–water partition coefficient (Wildman–Crippen LogP) is 3.58. The number of oxime groups is 1. The number of anilines is 1. The summed E-state index contributed by atoms with van der Waals surface area (Å²) in [4.78, 5) is 17.5. The number of quaternary nitrogens is 1. The van der Waals surface area contributed by atoms with Crippen molar-refractivity contribution in [1.82, 2.24) is 4.98 Å². The van der Waals surface area contributed by atoms with E-state index in [0.717, 1.165) is 11.8 Å². The molecule has 192 valence electrons. The lowest BCUT2D eigenvalue weighted by molar-refractivity contribution is -0.644. The van der Waals surface area contributed by atoms with Crippen LogP contribution >= 0.6 is 11.6 Å². The first kappa shape index (κ1) is 27.4. The molecule has 2 heterocycles. The Hall–Kier alpha value is -4.20. The van der Waals surface area contributed by atoms with E-state index in [2.05, 4.69) is 21.5 Å². The number of pyridine rings is 1. The normalized spacial score (nSPS) is 13.3. The summed E-state index contributed by atoms with van der Waals surface area (Å²) in [6, 6.07) is 8.66. The van der Waals surface area contributed by atoms with Crippen LogP contribution in [0.2, 0.25) is 5.15 Å². The predicted molar refractivity (Wildman–Crippen MR) is 144 cm³/mol. The number of allylic oxidation sites excluding steroid dienone is 1. The van der Waals surface area contributed by atoms with Crippen LogP contribution in [0.15, 0.2) is 44.8 Å². The van der Waals surface area contributed by atoms with Crippen LogP contribution in [-0.4, -0.2) is 27.8 Å². The smallest absolute Gasteiger partial charge is 0.196 e. The van der Waals surface area contributed by atoms with E-state index in [4.69, 9.17) is 32.4 Å². The topological polar surface area (TPSA) is 178 Å². The maximum Gasteiger partial charge on any atom is 0.196 e. The van der Waals surface area contributed by atoms with Gasteiger partial charge in [0.2, 0.25) is 0 Å². The third-order valence-electron chi connectivity index (χ3n) is 5.83. The summed E-state index contributed by atoms with van der Waals surface area (Å²) in [5, 5.41) is 35.0. The minimum atomic E-state index is -0.760. The molecule has 11 heteroatoms. The lowest BCUT2D eigenvalue weighted by Gasteiger charge is -2.20. The second-order valence-electron chi connectivity index (χ2n) is 9.26. The van der Waals surface area contributed by atoms with E-state index in [-0.39, 0.29) is 27.9 Å². The van der Waals surface area contributed by atoms with Gasteiger partial charge < -0.3 is 31.4 Å². The molecule has 1 aromatic carbocycles. The molecule has 0 saturated carbocycles. The summed E-state index contributed by atoms with van der Waals surface area (Å²) in [7, 11) is 0. The number of nitrogens with two attached hydrogens (primary N) is 2. The summed E-state index contributed by atoms with van der Waals surface area (Å²) < 4.78 is 6.30. The van der Waals surface area contributed by atoms with Crippen molar-refractivity contribution < 1.29 is 14.9 Å². The van der Waals surface area contributed by atoms with Crippen LogP contribution in [0.4, 0.5) is 5.69 Å². The van der Waals surface area contributed by atoms with Gasteiger partial charge in [0.1, 0.15) is 34.5 Å². The molecule has 3 rings (SSSR count). The third kappa shape index (κ3) is 5.80. The van der Waals surface area contributed by atoms with Crippen molar-refractivity contribution in [3.63, 3.8) is 0 Å². The summed E-state index contributed by atoms with van der Waals surface area (Å²) in [6.07, 6.45) is 2.71. The van der Waals surface area contributed by atoms with Gasteiger partial charge in [-0.05, 0) is 44.5 Å². The number of fused-ring (bicyclic) bond motifs is 1. The molecule has 0 radical (unpaired) electrons. The molecule has 7 N–H and O–H groups in total. The first-order valence-electron chi connectivity index (χ1n) is 11.4. The molecular weight excluding hydrogens is 494 g/mol. The molecule has 0 saturated heterocycles. The van der Waals surface area contributed by atoms with Crippen molar-refractivity contribution in [3.05, 3.63) is 74.0 Å². The number of hydrogen-bond donors (Lipinski definition) is 5. The van der Waals surface area contributed by atoms with Gasteiger partial charge in [-0.1, -0.05) is 22.8 Å². The number of nitriles is 1. The van der Waals surface area contributed by atoms with Crippen LogP contribution in [0.25, 0.3) is 16.5 Å². The fourth-order valence-electron chi connectivity index (χ4n) is 3.79. The molecule has 0 aliphatic carbocycles. The molecule has 0 bridgehead atoms. The van der Waals surface area contributed by atoms with Crippen molar-refractivity contribution in [2.75, 3.05) is 5.32 Å². The molecule has 0 aliphatic rings. The summed E-state index contributed by atoms with van der Waals surface area (Å²) in [5.41, 5.74) is 8.07. The molecule has 0 unspecified atom stereocenters. The Kier molecular flexibility index (Phi) is 8.01. The van der Waals surface area contributed by atoms with E-state index in [1.54, 1.807) is 50.5 Å². The van der Waals surface area contributed by atoms with Crippen LogP contribution in [0.3, 0.4) is 0 Å². The van der Waals surface area contributed by atoms with Crippen LogP contribution in [-0.2, 0) is 0 Å². The quantitative estimate of drug-likeness (QED) is 0.0985. The molecule has 1 atom stereocenters. The number of rotatable bonds is 8. The van der Waals surface area contributed by atoms with Crippen LogP contribution in [0.1, 0.15) is 55.0 Å². The summed E-state index contributed by atoms with van der Waals surface area (Å²) in [6.45, 7) is 8.90. The molecule has 10 nitrogen and oxygen atoms in total. The zero-order valence-electron chi connectivity index (χ0n) is 21.2. The average Bonchev–Trinajstić information content (AvgIpc) is 2.87. The van der Waals surface area contributed by atoms with Crippen molar-refractivity contribution in [2.24, 2.45) is 10.9 Å². The highest BCUT2D eigenvalue weighted by Gasteiger charge is 2.23. The monoisotopic (exact) mass is 522 g/mol. The van der Waals surface area contributed by atoms with Crippen molar-refractivity contribution in [2.45, 2.75) is 46.2 Å². The lowest BCUT2D eigenvalue weighted by Crippen LogP contribution is -2.90. The highest BCUT2D eigenvalue weighted by molar-refractivity contribution is 6.29. The van der Waals surface area contributed by atoms with E-state index in [9.17, 15) is 10.1 Å². The highest BCUT2D eigenvalue weighted by Crippen LogP contribution is 2.31. The van der Waals surface area contributed by atoms with Crippen LogP contribution in [0, 0.1) is 30.6 Å². The maximum atomic E-state index is 13.4. The number of amidine groups is 1. The fourth-order valence-corrected chi connectivity index (χ4v) is 3.94. The second-order valence-corrected chi connectivity index (χ2v) is 9.65. The number of nitrogens with zero attached hydrogens (tertiary/aromatic N) is 3. The Morgan fingerprint density at radius 1 is 1.41 bits per heavy atom. The summed E-state index contributed by atoms with van der Waals surface area (Å²) in [5.74, 6) is 0.0355. The molecule has 0 amide bonds. The number of halogens is 1. The van der Waals surface area contributed by atoms with E-state index < -0.39 is 11.6 Å². The maximum absolute atomic E-state index is 13.4. The van der Waals surface area contributed by atoms with E-state index in [1.165, 1.54) is 0 Å². The second kappa shape index (κ2) is 10.8. The minimum absolute atomic E-state index is 0.168. The standard InChI is InChI=1S/C26H28ClN7O3/c1-13-8-17(15(3)32-19-6-7-20(27)33-21(19)25(30)34-36)24-18(9-13)22(35)14(2)23(37-24)16(10-28)11-31-26(4,5)12-29/h6-11,15,28,31-32,36H,1-5H3,(H2,30,34)/p+1/b16-11+,28-10?/t15-/m1/s1. The third-order valence-corrected chi connectivity index (χ3v) is 6.04. The van der Waals surface area contributed by atoms with Gasteiger partial charge in [-0.2, -0.15) is 5.26 Å². The van der Waals surface area contributed by atoms with Gasteiger partial charge in [0.15, 0.2) is 16.8 Å². The van der Waals surface area contributed by atoms with Gasteiger partial charge in [0.05, 0.1) is 22.7 Å². The van der Waals surface area contributed by atoms with Gasteiger partial charge >= 0.3 is 0 Å². The number of nitrogens with one attached hydrogen (secondary N) is 2. The largest absolute Gasteiger partial charge is 0.455 e. The van der Waals surface area contributed by atoms with Crippen LogP contribution in [0.5, 0.6) is 0 Å². The van der Waals surface area contributed by atoms with E-state index in [1.807, 2.05) is 19.9 Å². The zero-order chi connectivity index (χ0) is 27.5. The first-order valence-corrected chi connectivity index (χ1v) is 11.8. The Bertz CT molecular complexity index is 1530. The SMILES string of the molecule is Cc1cc([C@@H](C)Nc2ccc(Cl)nc2/C(N)=N/O)c2oc(/C(C=N)=C/[NH2+]C(C)(C)C#N)c(C)c(=O)c2c1. The van der Waals surface area contributed by atoms with Gasteiger partial charge in [0, 0.05) is 31.2 Å². The Labute approximate surface area is 219 Å². The number of aryl methyl sites for hydroxylation is 1. The summed E-state index contributed by atoms with van der Waals surface area (Å²) >= 11 is 6.00. The Morgan fingerprint density at radius 3 is 2.73 bits per heavy atom. The number of benzene rings is 1. The number of aromatic nitrogens is 1. The Balaban J connectivity index is 2.19. The highest BCUT2D eigenvalue weighted by atomic mass is 35.5. The van der Waals surface area contributed by atoms with E-state index >= 15 is 0 Å². The van der Waals surface area contributed by atoms with Gasteiger partial charge in [-0.3, -0.25) is 4.79 Å². The molecule has 3 aromatic rings. The lowest BCUT2D eigenvalue weighted by atomic mass is 9.99. The Morgan fingerprint density at radius 2 is 2.11 bits per heavy atom. The van der Waals surface area contributed by atoms with Crippen molar-refractivity contribution >= 4 is 45.9 Å². The van der Waals surface area contributed by atoms with Gasteiger partial charge in [-0.25, -0.2) is 4.98 Å². The molecule has 0 aliphatic heterocycles. The van der Waals surface area contributed by atoms with Gasteiger partial charge in [-0.15, -0.1) is 0 Å². The molecule has 0 spiro atoms. The molecule has 0 fully saturated rings. The molecular formula is C26H29ClN7O3+.